The number of aryl methyl sites for hydroxylation is 1. The minimum absolute atomic E-state index is 0.168. The van der Waals surface area contributed by atoms with Crippen molar-refractivity contribution >= 4 is 63.0 Å². The molecule has 1 aliphatic heterocycles. The largest absolute Gasteiger partial charge is 0.483 e. The summed E-state index contributed by atoms with van der Waals surface area (Å²) in [6, 6.07) is 26.0. The monoisotopic (exact) mass is 542 g/mol. The number of ether oxygens (including phenoxy) is 1. The van der Waals surface area contributed by atoms with Gasteiger partial charge in [-0.1, -0.05) is 66.2 Å². The zero-order chi connectivity index (χ0) is 26.6. The number of hydrogen-bond donors (Lipinski definition) is 1. The number of nitrogens with zero attached hydrogens (tertiary/aromatic N) is 1. The molecule has 0 atom stereocenters. The molecule has 6 nitrogen and oxygen atoms in total. The Balaban J connectivity index is 1.33. The third-order valence-electron chi connectivity index (χ3n) is 6.00. The predicted octanol–water partition coefficient (Wildman–Crippen LogP) is 7.06. The van der Waals surface area contributed by atoms with E-state index in [-0.39, 0.29) is 29.2 Å². The molecule has 0 aliphatic carbocycles. The Labute approximate surface area is 229 Å². The van der Waals surface area contributed by atoms with Crippen LogP contribution in [0.1, 0.15) is 16.7 Å². The first-order valence-corrected chi connectivity index (χ1v) is 13.1. The van der Waals surface area contributed by atoms with E-state index in [0.717, 1.165) is 33.7 Å². The first-order valence-electron chi connectivity index (χ1n) is 11.9. The smallest absolute Gasteiger partial charge is 0.293 e. The fraction of sp³-hybridized carbons (Fsp3) is 0.100. The van der Waals surface area contributed by atoms with E-state index >= 15 is 0 Å². The highest BCUT2D eigenvalue weighted by Crippen LogP contribution is 2.36. The average Bonchev–Trinajstić information content (AvgIpc) is 3.15. The number of halogens is 1. The Bertz CT molecular complexity index is 1600. The Morgan fingerprint density at radius 1 is 1.00 bits per heavy atom. The van der Waals surface area contributed by atoms with Crippen molar-refractivity contribution in [3.63, 3.8) is 0 Å². The van der Waals surface area contributed by atoms with Gasteiger partial charge in [-0.05, 0) is 77.0 Å². The number of hydrogen-bond acceptors (Lipinski definition) is 5. The maximum absolute atomic E-state index is 13.2. The summed E-state index contributed by atoms with van der Waals surface area (Å²) in [4.78, 5) is 40.0. The van der Waals surface area contributed by atoms with Gasteiger partial charge in [0, 0.05) is 16.3 Å². The topological polar surface area (TPSA) is 75.7 Å². The highest BCUT2D eigenvalue weighted by molar-refractivity contribution is 8.18. The van der Waals surface area contributed by atoms with E-state index in [0.29, 0.717) is 22.0 Å². The molecule has 0 bridgehead atoms. The van der Waals surface area contributed by atoms with Crippen LogP contribution in [0.2, 0.25) is 5.02 Å². The zero-order valence-corrected chi connectivity index (χ0v) is 22.0. The van der Waals surface area contributed by atoms with Gasteiger partial charge in [0.2, 0.25) is 0 Å². The number of fused-ring (bicyclic) bond motifs is 1. The Hall–Kier alpha value is -4.07. The lowest BCUT2D eigenvalue weighted by Gasteiger charge is -2.14. The van der Waals surface area contributed by atoms with Gasteiger partial charge < -0.3 is 10.1 Å². The van der Waals surface area contributed by atoms with Crippen molar-refractivity contribution < 1.29 is 19.1 Å². The molecule has 1 aliphatic rings. The van der Waals surface area contributed by atoms with Crippen molar-refractivity contribution in [2.45, 2.75) is 13.5 Å². The molecule has 38 heavy (non-hydrogen) atoms. The maximum atomic E-state index is 13.2. The molecule has 5 rings (SSSR count). The molecule has 0 spiro atoms. The molecule has 1 heterocycles. The van der Waals surface area contributed by atoms with Gasteiger partial charge in [0.25, 0.3) is 17.1 Å². The SMILES string of the molecule is Cc1cccc(NC(=O)COc2ccc(Cl)cc2/C=C2\SC(=O)N(Cc3cccc4ccccc34)C2=O)c1. The van der Waals surface area contributed by atoms with Crippen LogP contribution in [0.25, 0.3) is 16.8 Å². The lowest BCUT2D eigenvalue weighted by Crippen LogP contribution is -2.27. The van der Waals surface area contributed by atoms with Crippen LogP contribution in [0.15, 0.2) is 89.8 Å². The van der Waals surface area contributed by atoms with Gasteiger partial charge in [0.1, 0.15) is 5.75 Å². The van der Waals surface area contributed by atoms with Crippen LogP contribution in [0.3, 0.4) is 0 Å². The van der Waals surface area contributed by atoms with Gasteiger partial charge >= 0.3 is 0 Å². The average molecular weight is 543 g/mol. The van der Waals surface area contributed by atoms with Crippen molar-refractivity contribution in [2.24, 2.45) is 0 Å². The number of imide groups is 1. The molecular weight excluding hydrogens is 520 g/mol. The second kappa shape index (κ2) is 11.1. The van der Waals surface area contributed by atoms with Crippen LogP contribution >= 0.6 is 23.4 Å². The van der Waals surface area contributed by atoms with Crippen LogP contribution in [0.5, 0.6) is 5.75 Å². The van der Waals surface area contributed by atoms with Crippen molar-refractivity contribution in [3.05, 3.63) is 112 Å². The van der Waals surface area contributed by atoms with Gasteiger partial charge in [-0.3, -0.25) is 19.3 Å². The summed E-state index contributed by atoms with van der Waals surface area (Å²) >= 11 is 7.07. The second-order valence-corrected chi connectivity index (χ2v) is 10.2. The van der Waals surface area contributed by atoms with Crippen LogP contribution in [0.4, 0.5) is 10.5 Å². The summed E-state index contributed by atoms with van der Waals surface area (Å²) in [5.41, 5.74) is 3.09. The molecule has 0 radical (unpaired) electrons. The Morgan fingerprint density at radius 3 is 2.63 bits per heavy atom. The third kappa shape index (κ3) is 5.74. The van der Waals surface area contributed by atoms with Crippen molar-refractivity contribution in [3.8, 4) is 5.75 Å². The molecule has 0 saturated carbocycles. The molecule has 4 aromatic carbocycles. The Kier molecular flexibility index (Phi) is 7.49. The van der Waals surface area contributed by atoms with E-state index in [9.17, 15) is 14.4 Å². The number of carbonyl (C=O) groups excluding carboxylic acids is 3. The molecule has 0 unspecified atom stereocenters. The second-order valence-electron chi connectivity index (χ2n) is 8.79. The van der Waals surface area contributed by atoms with Gasteiger partial charge in [0.05, 0.1) is 11.4 Å². The Morgan fingerprint density at radius 2 is 1.79 bits per heavy atom. The van der Waals surface area contributed by atoms with Gasteiger partial charge in [-0.15, -0.1) is 0 Å². The van der Waals surface area contributed by atoms with E-state index in [2.05, 4.69) is 5.32 Å². The van der Waals surface area contributed by atoms with E-state index < -0.39 is 5.91 Å². The molecule has 190 valence electrons. The summed E-state index contributed by atoms with van der Waals surface area (Å²) in [5.74, 6) is -0.349. The molecule has 1 fully saturated rings. The van der Waals surface area contributed by atoms with Crippen molar-refractivity contribution in [1.82, 2.24) is 4.90 Å². The minimum atomic E-state index is -0.393. The summed E-state index contributed by atoms with van der Waals surface area (Å²) in [5, 5.41) is 4.91. The van der Waals surface area contributed by atoms with Crippen LogP contribution in [0, 0.1) is 6.92 Å². The molecule has 3 amide bonds. The number of anilines is 1. The summed E-state index contributed by atoms with van der Waals surface area (Å²) in [6.45, 7) is 1.87. The van der Waals surface area contributed by atoms with E-state index in [4.69, 9.17) is 16.3 Å². The minimum Gasteiger partial charge on any atom is -0.483 e. The molecule has 0 aromatic heterocycles. The first-order chi connectivity index (χ1) is 18.4. The number of thioether (sulfide) groups is 1. The normalized spacial score (nSPS) is 14.4. The van der Waals surface area contributed by atoms with E-state index in [1.54, 1.807) is 30.3 Å². The lowest BCUT2D eigenvalue weighted by molar-refractivity contribution is -0.123. The highest BCUT2D eigenvalue weighted by atomic mass is 35.5. The number of carbonyl (C=O) groups is 3. The zero-order valence-electron chi connectivity index (χ0n) is 20.4. The number of rotatable bonds is 7. The standard InChI is InChI=1S/C30H23ClN2O4S/c1-19-6-4-10-24(14-19)32-28(34)18-37-26-13-12-23(31)15-22(26)16-27-29(35)33(30(36)38-27)17-21-9-5-8-20-7-2-3-11-25(20)21/h2-16H,17-18H2,1H3,(H,32,34)/b27-16-. The van der Waals surface area contributed by atoms with Crippen LogP contribution in [-0.2, 0) is 16.1 Å². The van der Waals surface area contributed by atoms with E-state index in [1.807, 2.05) is 67.6 Å². The molecule has 1 N–H and O–H groups in total. The summed E-state index contributed by atoms with van der Waals surface area (Å²) in [7, 11) is 0. The quantitative estimate of drug-likeness (QED) is 0.253. The van der Waals surface area contributed by atoms with Crippen LogP contribution in [-0.4, -0.2) is 28.6 Å². The number of amides is 3. The van der Waals surface area contributed by atoms with Gasteiger partial charge in [0.15, 0.2) is 6.61 Å². The van der Waals surface area contributed by atoms with Crippen molar-refractivity contribution in [1.29, 1.82) is 0 Å². The fourth-order valence-electron chi connectivity index (χ4n) is 4.20. The van der Waals surface area contributed by atoms with E-state index in [1.165, 1.54) is 4.90 Å². The summed E-state index contributed by atoms with van der Waals surface area (Å²) < 4.78 is 5.77. The first kappa shape index (κ1) is 25.6. The molecule has 1 saturated heterocycles. The van der Waals surface area contributed by atoms with Crippen LogP contribution < -0.4 is 10.1 Å². The maximum Gasteiger partial charge on any atom is 0.293 e. The molecule has 8 heteroatoms. The fourth-order valence-corrected chi connectivity index (χ4v) is 5.21. The van der Waals surface area contributed by atoms with Gasteiger partial charge in [-0.2, -0.15) is 0 Å². The highest BCUT2D eigenvalue weighted by Gasteiger charge is 2.35. The molecule has 4 aromatic rings. The number of nitrogens with one attached hydrogen (secondary N) is 1. The van der Waals surface area contributed by atoms with Gasteiger partial charge in [-0.25, -0.2) is 0 Å². The lowest BCUT2D eigenvalue weighted by atomic mass is 10.0. The predicted molar refractivity (Wildman–Crippen MR) is 152 cm³/mol. The number of benzene rings is 4. The van der Waals surface area contributed by atoms with Crippen molar-refractivity contribution in [2.75, 3.05) is 11.9 Å². The molecular formula is C30H23ClN2O4S. The third-order valence-corrected chi connectivity index (χ3v) is 7.14. The summed E-state index contributed by atoms with van der Waals surface area (Å²) in [6.07, 6.45) is 1.58.